The Labute approximate surface area is 130 Å². The highest BCUT2D eigenvalue weighted by molar-refractivity contribution is 5.82. The fourth-order valence-electron chi connectivity index (χ4n) is 2.25. The molecule has 5 nitrogen and oxygen atoms in total. The average Bonchev–Trinajstić information content (AvgIpc) is 3.01. The van der Waals surface area contributed by atoms with Gasteiger partial charge in [0.1, 0.15) is 11.6 Å². The van der Waals surface area contributed by atoms with Gasteiger partial charge in [0.15, 0.2) is 11.5 Å². The van der Waals surface area contributed by atoms with E-state index < -0.39 is 11.6 Å². The second kappa shape index (κ2) is 5.60. The maximum atomic E-state index is 14.2. The Morgan fingerprint density at radius 2 is 2.09 bits per heavy atom. The summed E-state index contributed by atoms with van der Waals surface area (Å²) >= 11 is 0. The van der Waals surface area contributed by atoms with Crippen molar-refractivity contribution in [2.24, 2.45) is 0 Å². The van der Waals surface area contributed by atoms with E-state index in [9.17, 15) is 8.78 Å². The standard InChI is InChI=1S/C16H13F2N5/c1-9-5-11(13(18)6-12(9)17)14-8-21-15(22-10(2)7-19)16-20-3-4-23(14)16/h3-8,19H,2H2,1H3,(H,21,22). The molecule has 23 heavy (non-hydrogen) atoms. The molecular formula is C16H13F2N5. The molecule has 0 unspecified atom stereocenters. The van der Waals surface area contributed by atoms with E-state index in [0.29, 0.717) is 28.4 Å². The molecule has 116 valence electrons. The zero-order chi connectivity index (χ0) is 16.6. The van der Waals surface area contributed by atoms with E-state index in [-0.39, 0.29) is 5.56 Å². The highest BCUT2D eigenvalue weighted by Crippen LogP contribution is 2.27. The van der Waals surface area contributed by atoms with Crippen LogP contribution in [0, 0.1) is 24.0 Å². The Bertz CT molecular complexity index is 930. The molecule has 0 aliphatic heterocycles. The minimum Gasteiger partial charge on any atom is -0.336 e. The largest absolute Gasteiger partial charge is 0.336 e. The molecule has 2 heterocycles. The summed E-state index contributed by atoms with van der Waals surface area (Å²) in [7, 11) is 0. The van der Waals surface area contributed by atoms with Gasteiger partial charge in [0.05, 0.1) is 17.6 Å². The first-order valence-electron chi connectivity index (χ1n) is 6.75. The fourth-order valence-corrected chi connectivity index (χ4v) is 2.25. The lowest BCUT2D eigenvalue weighted by Crippen LogP contribution is -2.05. The highest BCUT2D eigenvalue weighted by atomic mass is 19.1. The van der Waals surface area contributed by atoms with Gasteiger partial charge in [0.25, 0.3) is 0 Å². The van der Waals surface area contributed by atoms with E-state index >= 15 is 0 Å². The quantitative estimate of drug-likeness (QED) is 0.724. The molecule has 3 aromatic rings. The Morgan fingerprint density at radius 3 is 2.83 bits per heavy atom. The Kier molecular flexibility index (Phi) is 3.61. The SMILES string of the molecule is C=C(C=N)Nc1ncc(-c2cc(C)c(F)cc2F)n2ccnc12. The van der Waals surface area contributed by atoms with Crippen molar-refractivity contribution in [1.29, 1.82) is 5.41 Å². The van der Waals surface area contributed by atoms with Crippen LogP contribution >= 0.6 is 0 Å². The number of benzene rings is 1. The third-order valence-corrected chi connectivity index (χ3v) is 3.41. The summed E-state index contributed by atoms with van der Waals surface area (Å²) in [5.74, 6) is -0.873. The number of hydrogen-bond donors (Lipinski definition) is 2. The topological polar surface area (TPSA) is 66.1 Å². The number of aryl methyl sites for hydroxylation is 1. The van der Waals surface area contributed by atoms with Crippen molar-refractivity contribution < 1.29 is 8.78 Å². The number of aromatic nitrogens is 3. The summed E-state index contributed by atoms with van der Waals surface area (Å²) in [5.41, 5.74) is 1.82. The summed E-state index contributed by atoms with van der Waals surface area (Å²) in [6.45, 7) is 5.21. The van der Waals surface area contributed by atoms with Crippen molar-refractivity contribution in [2.45, 2.75) is 6.92 Å². The first kappa shape index (κ1) is 14.8. The van der Waals surface area contributed by atoms with E-state index in [0.717, 1.165) is 12.3 Å². The van der Waals surface area contributed by atoms with Crippen LogP contribution < -0.4 is 5.32 Å². The lowest BCUT2D eigenvalue weighted by Gasteiger charge is -2.11. The molecule has 1 aromatic carbocycles. The van der Waals surface area contributed by atoms with Gasteiger partial charge in [-0.3, -0.25) is 4.40 Å². The van der Waals surface area contributed by atoms with Crippen LogP contribution in [-0.2, 0) is 0 Å². The lowest BCUT2D eigenvalue weighted by atomic mass is 10.1. The van der Waals surface area contributed by atoms with E-state index in [2.05, 4.69) is 21.9 Å². The highest BCUT2D eigenvalue weighted by Gasteiger charge is 2.15. The number of fused-ring (bicyclic) bond motifs is 1. The normalized spacial score (nSPS) is 10.7. The summed E-state index contributed by atoms with van der Waals surface area (Å²) in [4.78, 5) is 8.40. The first-order valence-corrected chi connectivity index (χ1v) is 6.75. The van der Waals surface area contributed by atoms with Crippen LogP contribution in [-0.4, -0.2) is 20.6 Å². The average molecular weight is 313 g/mol. The summed E-state index contributed by atoms with van der Waals surface area (Å²) in [5, 5.41) is 10.00. The monoisotopic (exact) mass is 313 g/mol. The van der Waals surface area contributed by atoms with Crippen LogP contribution in [0.25, 0.3) is 16.9 Å². The molecule has 7 heteroatoms. The van der Waals surface area contributed by atoms with Crippen LogP contribution in [0.15, 0.2) is 43.0 Å². The summed E-state index contributed by atoms with van der Waals surface area (Å²) in [6.07, 6.45) is 5.72. The van der Waals surface area contributed by atoms with Crippen LogP contribution in [0.2, 0.25) is 0 Å². The number of rotatable bonds is 4. The zero-order valence-corrected chi connectivity index (χ0v) is 12.3. The zero-order valence-electron chi connectivity index (χ0n) is 12.3. The van der Waals surface area contributed by atoms with Crippen LogP contribution in [0.3, 0.4) is 0 Å². The van der Waals surface area contributed by atoms with E-state index in [1.165, 1.54) is 12.3 Å². The molecule has 0 aliphatic carbocycles. The molecule has 3 rings (SSSR count). The second-order valence-electron chi connectivity index (χ2n) is 4.99. The fraction of sp³-hybridized carbons (Fsp3) is 0.0625. The van der Waals surface area contributed by atoms with Crippen molar-refractivity contribution in [2.75, 3.05) is 5.32 Å². The Morgan fingerprint density at radius 1 is 1.30 bits per heavy atom. The summed E-state index contributed by atoms with van der Waals surface area (Å²) < 4.78 is 29.3. The number of anilines is 1. The number of allylic oxidation sites excluding steroid dienone is 1. The Hall–Kier alpha value is -3.09. The van der Waals surface area contributed by atoms with E-state index in [4.69, 9.17) is 5.41 Å². The van der Waals surface area contributed by atoms with Crippen molar-refractivity contribution in [1.82, 2.24) is 14.4 Å². The van der Waals surface area contributed by atoms with Gasteiger partial charge in [0, 0.05) is 30.2 Å². The van der Waals surface area contributed by atoms with E-state index in [1.54, 1.807) is 23.7 Å². The predicted molar refractivity (Wildman–Crippen MR) is 84.6 cm³/mol. The molecule has 0 radical (unpaired) electrons. The molecule has 0 bridgehead atoms. The number of nitrogens with zero attached hydrogens (tertiary/aromatic N) is 3. The summed E-state index contributed by atoms with van der Waals surface area (Å²) in [6, 6.07) is 2.29. The minimum atomic E-state index is -0.672. The molecule has 0 fully saturated rings. The predicted octanol–water partition coefficient (Wildman–Crippen LogP) is 3.56. The second-order valence-corrected chi connectivity index (χ2v) is 4.99. The van der Waals surface area contributed by atoms with Gasteiger partial charge >= 0.3 is 0 Å². The maximum absolute atomic E-state index is 14.2. The van der Waals surface area contributed by atoms with Crippen molar-refractivity contribution in [3.05, 3.63) is 60.2 Å². The van der Waals surface area contributed by atoms with Crippen LogP contribution in [0.5, 0.6) is 0 Å². The molecule has 0 spiro atoms. The van der Waals surface area contributed by atoms with Crippen LogP contribution in [0.1, 0.15) is 5.56 Å². The van der Waals surface area contributed by atoms with Gasteiger partial charge < -0.3 is 10.7 Å². The Balaban J connectivity index is 2.19. The lowest BCUT2D eigenvalue weighted by molar-refractivity contribution is 0.579. The molecule has 0 saturated carbocycles. The van der Waals surface area contributed by atoms with Crippen molar-refractivity contribution >= 4 is 17.7 Å². The number of imidazole rings is 1. The molecule has 2 aromatic heterocycles. The van der Waals surface area contributed by atoms with E-state index in [1.807, 2.05) is 0 Å². The molecule has 0 amide bonds. The number of hydrogen-bond acceptors (Lipinski definition) is 4. The first-order chi connectivity index (χ1) is 11.0. The van der Waals surface area contributed by atoms with Crippen molar-refractivity contribution in [3.8, 4) is 11.3 Å². The number of nitrogens with one attached hydrogen (secondary N) is 2. The smallest absolute Gasteiger partial charge is 0.180 e. The molecule has 0 aliphatic rings. The number of halogens is 2. The minimum absolute atomic E-state index is 0.233. The van der Waals surface area contributed by atoms with Gasteiger partial charge in [0.2, 0.25) is 0 Å². The molecule has 0 saturated heterocycles. The van der Waals surface area contributed by atoms with Crippen molar-refractivity contribution in [3.63, 3.8) is 0 Å². The maximum Gasteiger partial charge on any atom is 0.180 e. The molecule has 2 N–H and O–H groups in total. The third-order valence-electron chi connectivity index (χ3n) is 3.41. The van der Waals surface area contributed by atoms with Crippen LogP contribution in [0.4, 0.5) is 14.6 Å². The van der Waals surface area contributed by atoms with Gasteiger partial charge in [-0.25, -0.2) is 18.7 Å². The van der Waals surface area contributed by atoms with Gasteiger partial charge in [-0.05, 0) is 18.6 Å². The molecule has 0 atom stereocenters. The third kappa shape index (κ3) is 2.57. The van der Waals surface area contributed by atoms with Gasteiger partial charge in [-0.15, -0.1) is 0 Å². The molecular weight excluding hydrogens is 300 g/mol. The van der Waals surface area contributed by atoms with Gasteiger partial charge in [-0.1, -0.05) is 6.58 Å². The van der Waals surface area contributed by atoms with Gasteiger partial charge in [-0.2, -0.15) is 0 Å².